The van der Waals surface area contributed by atoms with E-state index in [2.05, 4.69) is 6.92 Å². The summed E-state index contributed by atoms with van der Waals surface area (Å²) < 4.78 is 0. The van der Waals surface area contributed by atoms with Gasteiger partial charge in [-0.05, 0) is 31.0 Å². The summed E-state index contributed by atoms with van der Waals surface area (Å²) in [6.07, 6.45) is 1.99. The molecule has 0 aliphatic carbocycles. The molecule has 0 aliphatic heterocycles. The standard InChI is InChI=1S/C16H23ClN2O2/c1-5-6-9-18(4)16(21)11-19(13(3)20)14-8-7-12(2)15(17)10-14/h7-8,10H,5-6,9,11H2,1-4H3. The zero-order valence-electron chi connectivity index (χ0n) is 13.1. The minimum atomic E-state index is -0.174. The number of unbranched alkanes of at least 4 members (excludes halogenated alkanes) is 1. The van der Waals surface area contributed by atoms with Crippen molar-refractivity contribution in [3.8, 4) is 0 Å². The van der Waals surface area contributed by atoms with E-state index < -0.39 is 0 Å². The van der Waals surface area contributed by atoms with E-state index in [-0.39, 0.29) is 18.4 Å². The van der Waals surface area contributed by atoms with Gasteiger partial charge in [-0.1, -0.05) is 31.0 Å². The molecule has 0 saturated carbocycles. The van der Waals surface area contributed by atoms with Gasteiger partial charge in [0.25, 0.3) is 0 Å². The van der Waals surface area contributed by atoms with Crippen LogP contribution in [0.4, 0.5) is 5.69 Å². The number of amides is 2. The van der Waals surface area contributed by atoms with E-state index >= 15 is 0 Å². The predicted molar refractivity (Wildman–Crippen MR) is 86.8 cm³/mol. The molecule has 0 radical (unpaired) electrons. The van der Waals surface area contributed by atoms with Crippen LogP contribution in [0, 0.1) is 6.92 Å². The molecule has 0 spiro atoms. The number of aryl methyl sites for hydroxylation is 1. The highest BCUT2D eigenvalue weighted by atomic mass is 35.5. The number of hydrogen-bond donors (Lipinski definition) is 0. The molecule has 0 N–H and O–H groups in total. The Morgan fingerprint density at radius 1 is 1.29 bits per heavy atom. The summed E-state index contributed by atoms with van der Waals surface area (Å²) in [5.41, 5.74) is 1.59. The number of nitrogens with zero attached hydrogens (tertiary/aromatic N) is 2. The van der Waals surface area contributed by atoms with Gasteiger partial charge in [-0.25, -0.2) is 0 Å². The topological polar surface area (TPSA) is 40.6 Å². The van der Waals surface area contributed by atoms with Crippen LogP contribution < -0.4 is 4.90 Å². The number of benzene rings is 1. The van der Waals surface area contributed by atoms with Gasteiger partial charge in [-0.3, -0.25) is 9.59 Å². The highest BCUT2D eigenvalue weighted by Crippen LogP contribution is 2.23. The number of hydrogen-bond acceptors (Lipinski definition) is 2. The van der Waals surface area contributed by atoms with Crippen LogP contribution in [0.15, 0.2) is 18.2 Å². The van der Waals surface area contributed by atoms with Gasteiger partial charge in [-0.2, -0.15) is 0 Å². The minimum absolute atomic E-state index is 0.0366. The molecule has 2 amide bonds. The Morgan fingerprint density at radius 3 is 2.48 bits per heavy atom. The molecule has 1 aromatic carbocycles. The van der Waals surface area contributed by atoms with Gasteiger partial charge in [0.1, 0.15) is 6.54 Å². The van der Waals surface area contributed by atoms with Crippen molar-refractivity contribution >= 4 is 29.1 Å². The maximum Gasteiger partial charge on any atom is 0.242 e. The van der Waals surface area contributed by atoms with E-state index in [1.54, 1.807) is 18.0 Å². The van der Waals surface area contributed by atoms with Crippen molar-refractivity contribution in [2.24, 2.45) is 0 Å². The normalized spacial score (nSPS) is 10.3. The summed E-state index contributed by atoms with van der Waals surface area (Å²) in [6, 6.07) is 5.37. The third kappa shape index (κ3) is 5.05. The van der Waals surface area contributed by atoms with Gasteiger partial charge in [0.05, 0.1) is 0 Å². The molecule has 0 aliphatic rings. The maximum absolute atomic E-state index is 12.2. The fourth-order valence-corrected chi connectivity index (χ4v) is 2.08. The molecule has 4 nitrogen and oxygen atoms in total. The second-order valence-electron chi connectivity index (χ2n) is 5.21. The van der Waals surface area contributed by atoms with E-state index in [0.29, 0.717) is 17.3 Å². The van der Waals surface area contributed by atoms with E-state index in [1.165, 1.54) is 11.8 Å². The van der Waals surface area contributed by atoms with Crippen LogP contribution in [-0.4, -0.2) is 36.9 Å². The monoisotopic (exact) mass is 310 g/mol. The molecule has 21 heavy (non-hydrogen) atoms. The van der Waals surface area contributed by atoms with Gasteiger partial charge in [-0.15, -0.1) is 0 Å². The zero-order chi connectivity index (χ0) is 16.0. The van der Waals surface area contributed by atoms with Gasteiger partial charge in [0, 0.05) is 31.2 Å². The highest BCUT2D eigenvalue weighted by molar-refractivity contribution is 6.31. The Morgan fingerprint density at radius 2 is 1.95 bits per heavy atom. The van der Waals surface area contributed by atoms with Crippen molar-refractivity contribution in [2.45, 2.75) is 33.6 Å². The van der Waals surface area contributed by atoms with Gasteiger partial charge in [0.2, 0.25) is 11.8 Å². The Labute approximate surface area is 131 Å². The summed E-state index contributed by atoms with van der Waals surface area (Å²) in [5, 5.41) is 0.588. The molecular formula is C16H23ClN2O2. The van der Waals surface area contributed by atoms with Crippen LogP contribution in [0.2, 0.25) is 5.02 Å². The first-order valence-electron chi connectivity index (χ1n) is 7.15. The molecular weight excluding hydrogens is 288 g/mol. The number of likely N-dealkylation sites (N-methyl/N-ethyl adjacent to an activating group) is 1. The fourth-order valence-electron chi connectivity index (χ4n) is 1.91. The number of halogens is 1. The second-order valence-corrected chi connectivity index (χ2v) is 5.61. The lowest BCUT2D eigenvalue weighted by atomic mass is 10.2. The summed E-state index contributed by atoms with van der Waals surface area (Å²) >= 11 is 6.10. The molecule has 0 heterocycles. The third-order valence-electron chi connectivity index (χ3n) is 3.41. The Bertz CT molecular complexity index is 517. The van der Waals surface area contributed by atoms with Crippen LogP contribution in [0.5, 0.6) is 0 Å². The van der Waals surface area contributed by atoms with Crippen LogP contribution >= 0.6 is 11.6 Å². The fraction of sp³-hybridized carbons (Fsp3) is 0.500. The first kappa shape index (κ1) is 17.5. The van der Waals surface area contributed by atoms with Crippen molar-refractivity contribution in [3.05, 3.63) is 28.8 Å². The molecule has 1 aromatic rings. The molecule has 0 bridgehead atoms. The molecule has 0 unspecified atom stereocenters. The zero-order valence-corrected chi connectivity index (χ0v) is 13.9. The van der Waals surface area contributed by atoms with Gasteiger partial charge < -0.3 is 9.80 Å². The van der Waals surface area contributed by atoms with Crippen molar-refractivity contribution in [1.29, 1.82) is 0 Å². The van der Waals surface area contributed by atoms with E-state index in [1.807, 2.05) is 19.1 Å². The first-order chi connectivity index (χ1) is 9.86. The molecule has 0 saturated heterocycles. The quantitative estimate of drug-likeness (QED) is 0.809. The number of anilines is 1. The molecule has 0 atom stereocenters. The Kier molecular flexibility index (Phi) is 6.69. The summed E-state index contributed by atoms with van der Waals surface area (Å²) in [4.78, 5) is 27.1. The van der Waals surface area contributed by atoms with Crippen LogP contribution in [0.3, 0.4) is 0 Å². The molecule has 1 rings (SSSR count). The van der Waals surface area contributed by atoms with Gasteiger partial charge >= 0.3 is 0 Å². The van der Waals surface area contributed by atoms with E-state index in [9.17, 15) is 9.59 Å². The highest BCUT2D eigenvalue weighted by Gasteiger charge is 2.18. The van der Waals surface area contributed by atoms with Crippen molar-refractivity contribution in [3.63, 3.8) is 0 Å². The smallest absolute Gasteiger partial charge is 0.242 e. The van der Waals surface area contributed by atoms with Crippen molar-refractivity contribution in [2.75, 3.05) is 25.0 Å². The minimum Gasteiger partial charge on any atom is -0.344 e. The molecule has 0 aromatic heterocycles. The first-order valence-corrected chi connectivity index (χ1v) is 7.52. The lowest BCUT2D eigenvalue weighted by Crippen LogP contribution is -2.41. The van der Waals surface area contributed by atoms with Gasteiger partial charge in [0.15, 0.2) is 0 Å². The SMILES string of the molecule is CCCCN(C)C(=O)CN(C(C)=O)c1ccc(C)c(Cl)c1. The van der Waals surface area contributed by atoms with Crippen LogP contribution in [-0.2, 0) is 9.59 Å². The van der Waals surface area contributed by atoms with E-state index in [4.69, 9.17) is 11.6 Å². The second kappa shape index (κ2) is 8.03. The number of carbonyl (C=O) groups excluding carboxylic acids is 2. The summed E-state index contributed by atoms with van der Waals surface area (Å²) in [5.74, 6) is -0.248. The Hall–Kier alpha value is -1.55. The largest absolute Gasteiger partial charge is 0.344 e. The average Bonchev–Trinajstić information content (AvgIpc) is 2.44. The molecule has 0 fully saturated rings. The molecule has 5 heteroatoms. The van der Waals surface area contributed by atoms with Crippen LogP contribution in [0.25, 0.3) is 0 Å². The van der Waals surface area contributed by atoms with Crippen LogP contribution in [0.1, 0.15) is 32.3 Å². The molecule has 116 valence electrons. The lowest BCUT2D eigenvalue weighted by Gasteiger charge is -2.24. The summed E-state index contributed by atoms with van der Waals surface area (Å²) in [6.45, 7) is 6.17. The van der Waals surface area contributed by atoms with Crippen molar-refractivity contribution in [1.82, 2.24) is 4.90 Å². The predicted octanol–water partition coefficient (Wildman–Crippen LogP) is 3.26. The summed E-state index contributed by atoms with van der Waals surface area (Å²) in [7, 11) is 1.76. The Balaban J connectivity index is 2.85. The maximum atomic E-state index is 12.2. The average molecular weight is 311 g/mol. The van der Waals surface area contributed by atoms with E-state index in [0.717, 1.165) is 18.4 Å². The van der Waals surface area contributed by atoms with Crippen molar-refractivity contribution < 1.29 is 9.59 Å². The number of rotatable bonds is 6. The number of carbonyl (C=O) groups is 2. The lowest BCUT2D eigenvalue weighted by molar-refractivity contribution is -0.130. The third-order valence-corrected chi connectivity index (χ3v) is 3.82.